The van der Waals surface area contributed by atoms with Gasteiger partial charge in [0.1, 0.15) is 24.0 Å². The molecule has 1 fully saturated rings. The number of hydrogen-bond acceptors (Lipinski definition) is 8. The molecule has 0 aromatic heterocycles. The van der Waals surface area contributed by atoms with Crippen molar-refractivity contribution in [2.75, 3.05) is 36.5 Å². The number of anilines is 2. The molecular weight excluding hydrogens is 438 g/mol. The van der Waals surface area contributed by atoms with Crippen LogP contribution in [0.25, 0.3) is 6.08 Å². The van der Waals surface area contributed by atoms with Crippen molar-refractivity contribution in [1.82, 2.24) is 10.3 Å². The summed E-state index contributed by atoms with van der Waals surface area (Å²) in [5, 5.41) is 7.75. The predicted molar refractivity (Wildman–Crippen MR) is 130 cm³/mol. The molecule has 2 N–H and O–H groups in total. The standard InChI is InChI=1S/C24H33N5O5/c1-7-32-9-8-16-10-19-18(29-15(2)21(30)27-26-20(29)12-33-19)11-17(16)25-24(6)13-28(14-24)22(31)34-23(3,4)5/h8-11,15,25H,7,12-14H2,1-6H3,(H,27,30)/b9-8+/t15-/m1/s1. The highest BCUT2D eigenvalue weighted by Crippen LogP contribution is 2.41. The van der Waals surface area contributed by atoms with E-state index in [1.165, 1.54) is 0 Å². The number of rotatable bonds is 5. The van der Waals surface area contributed by atoms with Crippen LogP contribution >= 0.6 is 0 Å². The van der Waals surface area contributed by atoms with E-state index in [0.29, 0.717) is 31.3 Å². The van der Waals surface area contributed by atoms with E-state index in [1.54, 1.807) is 11.2 Å². The molecule has 0 spiro atoms. The fourth-order valence-electron chi connectivity index (χ4n) is 4.21. The number of carbonyl (C=O) groups excluding carboxylic acids is 2. The molecule has 0 unspecified atom stereocenters. The summed E-state index contributed by atoms with van der Waals surface area (Å²) >= 11 is 0. The first-order valence-corrected chi connectivity index (χ1v) is 11.5. The van der Waals surface area contributed by atoms with E-state index in [-0.39, 0.29) is 24.1 Å². The first-order valence-electron chi connectivity index (χ1n) is 11.5. The van der Waals surface area contributed by atoms with Gasteiger partial charge < -0.3 is 29.3 Å². The van der Waals surface area contributed by atoms with Gasteiger partial charge in [-0.05, 0) is 59.8 Å². The number of benzene rings is 1. The van der Waals surface area contributed by atoms with Crippen LogP contribution < -0.4 is 20.4 Å². The molecule has 3 heterocycles. The molecule has 34 heavy (non-hydrogen) atoms. The number of ether oxygens (including phenoxy) is 3. The normalized spacial score (nSPS) is 20.9. The maximum Gasteiger partial charge on any atom is 0.410 e. The first kappa shape index (κ1) is 23.7. The monoisotopic (exact) mass is 471 g/mol. The molecule has 0 aliphatic carbocycles. The molecule has 1 saturated heterocycles. The quantitative estimate of drug-likeness (QED) is 0.636. The maximum atomic E-state index is 12.4. The first-order chi connectivity index (χ1) is 16.0. The second kappa shape index (κ2) is 8.73. The maximum absolute atomic E-state index is 12.4. The summed E-state index contributed by atoms with van der Waals surface area (Å²) in [7, 11) is 0. The topological polar surface area (TPSA) is 105 Å². The number of nitrogens with zero attached hydrogens (tertiary/aromatic N) is 3. The summed E-state index contributed by atoms with van der Waals surface area (Å²) < 4.78 is 16.9. The van der Waals surface area contributed by atoms with E-state index < -0.39 is 11.6 Å². The highest BCUT2D eigenvalue weighted by molar-refractivity contribution is 6.09. The number of amidine groups is 1. The van der Waals surface area contributed by atoms with Gasteiger partial charge in [-0.3, -0.25) is 4.79 Å². The van der Waals surface area contributed by atoms with Crippen LogP contribution in [-0.4, -0.2) is 66.2 Å². The number of fused-ring (bicyclic) bond motifs is 3. The van der Waals surface area contributed by atoms with Crippen LogP contribution in [-0.2, 0) is 14.3 Å². The zero-order valence-corrected chi connectivity index (χ0v) is 20.6. The summed E-state index contributed by atoms with van der Waals surface area (Å²) in [5.41, 5.74) is 4.13. The number of hydrazone groups is 1. The van der Waals surface area contributed by atoms with E-state index in [9.17, 15) is 9.59 Å². The lowest BCUT2D eigenvalue weighted by molar-refractivity contribution is -0.122. The van der Waals surface area contributed by atoms with Crippen LogP contribution in [0.15, 0.2) is 23.5 Å². The second-order valence-electron chi connectivity index (χ2n) is 10.0. The third-order valence-corrected chi connectivity index (χ3v) is 5.77. The van der Waals surface area contributed by atoms with Gasteiger partial charge in [-0.25, -0.2) is 10.2 Å². The SMILES string of the molecule is CCO/C=C/c1cc2c(cc1NC1(C)CN(C(=O)OC(C)(C)C)C1)N1C(=NNC(=O)[C@H]1C)CO2. The van der Waals surface area contributed by atoms with Gasteiger partial charge in [0, 0.05) is 24.3 Å². The third kappa shape index (κ3) is 4.76. The van der Waals surface area contributed by atoms with Gasteiger partial charge in [-0.2, -0.15) is 5.10 Å². The number of nitrogens with one attached hydrogen (secondary N) is 2. The molecule has 0 radical (unpaired) electrons. The van der Waals surface area contributed by atoms with Gasteiger partial charge in [0.15, 0.2) is 5.84 Å². The average Bonchev–Trinajstić information content (AvgIpc) is 2.73. The Morgan fingerprint density at radius 1 is 1.38 bits per heavy atom. The molecule has 1 atom stereocenters. The van der Waals surface area contributed by atoms with Gasteiger partial charge >= 0.3 is 6.09 Å². The molecule has 1 aromatic rings. The van der Waals surface area contributed by atoms with Crippen LogP contribution in [0, 0.1) is 0 Å². The minimum absolute atomic E-state index is 0.176. The molecule has 0 bridgehead atoms. The fourth-order valence-corrected chi connectivity index (χ4v) is 4.21. The summed E-state index contributed by atoms with van der Waals surface area (Å²) in [4.78, 5) is 28.3. The Balaban J connectivity index is 1.61. The molecule has 3 aliphatic heterocycles. The second-order valence-corrected chi connectivity index (χ2v) is 10.0. The van der Waals surface area contributed by atoms with Crippen molar-refractivity contribution in [2.45, 2.75) is 58.7 Å². The minimum Gasteiger partial charge on any atom is -0.501 e. The lowest BCUT2D eigenvalue weighted by Gasteiger charge is -2.49. The van der Waals surface area contributed by atoms with Gasteiger partial charge in [0.05, 0.1) is 24.1 Å². The lowest BCUT2D eigenvalue weighted by atomic mass is 9.91. The molecule has 10 nitrogen and oxygen atoms in total. The molecule has 1 aromatic carbocycles. The third-order valence-electron chi connectivity index (χ3n) is 5.77. The van der Waals surface area contributed by atoms with Crippen LogP contribution in [0.2, 0.25) is 0 Å². The van der Waals surface area contributed by atoms with Gasteiger partial charge in [-0.1, -0.05) is 0 Å². The molecular formula is C24H33N5O5. The Labute approximate surface area is 199 Å². The van der Waals surface area contributed by atoms with E-state index in [1.807, 2.05) is 57.7 Å². The van der Waals surface area contributed by atoms with Crippen molar-refractivity contribution in [3.05, 3.63) is 24.0 Å². The van der Waals surface area contributed by atoms with Crippen LogP contribution in [0.4, 0.5) is 16.2 Å². The molecule has 0 saturated carbocycles. The van der Waals surface area contributed by atoms with Crippen molar-refractivity contribution >= 4 is 35.3 Å². The van der Waals surface area contributed by atoms with Crippen molar-refractivity contribution in [3.8, 4) is 5.75 Å². The fraction of sp³-hybridized carbons (Fsp3) is 0.542. The van der Waals surface area contributed by atoms with Crippen molar-refractivity contribution in [1.29, 1.82) is 0 Å². The van der Waals surface area contributed by atoms with Crippen molar-refractivity contribution in [2.24, 2.45) is 5.10 Å². The Hall–Kier alpha value is -3.43. The van der Waals surface area contributed by atoms with E-state index in [0.717, 1.165) is 16.9 Å². The van der Waals surface area contributed by atoms with E-state index in [4.69, 9.17) is 14.2 Å². The molecule has 2 amide bonds. The number of carbonyl (C=O) groups is 2. The van der Waals surface area contributed by atoms with E-state index >= 15 is 0 Å². The lowest BCUT2D eigenvalue weighted by Crippen LogP contribution is -2.66. The Bertz CT molecular complexity index is 1040. The van der Waals surface area contributed by atoms with Gasteiger partial charge in [-0.15, -0.1) is 0 Å². The van der Waals surface area contributed by atoms with E-state index in [2.05, 4.69) is 22.8 Å². The van der Waals surface area contributed by atoms with Crippen LogP contribution in [0.1, 0.15) is 47.1 Å². The molecule has 184 valence electrons. The number of hydrogen-bond donors (Lipinski definition) is 2. The summed E-state index contributed by atoms with van der Waals surface area (Å²) in [6, 6.07) is 3.47. The van der Waals surface area contributed by atoms with Crippen molar-refractivity contribution in [3.63, 3.8) is 0 Å². The van der Waals surface area contributed by atoms with Crippen molar-refractivity contribution < 1.29 is 23.8 Å². The highest BCUT2D eigenvalue weighted by Gasteiger charge is 2.44. The van der Waals surface area contributed by atoms with Crippen LogP contribution in [0.5, 0.6) is 5.75 Å². The summed E-state index contributed by atoms with van der Waals surface area (Å²) in [5.74, 6) is 1.14. The van der Waals surface area contributed by atoms with Crippen LogP contribution in [0.3, 0.4) is 0 Å². The smallest absolute Gasteiger partial charge is 0.410 e. The van der Waals surface area contributed by atoms with Gasteiger partial charge in [0.25, 0.3) is 5.91 Å². The predicted octanol–water partition coefficient (Wildman–Crippen LogP) is 3.15. The molecule has 3 aliphatic rings. The molecule has 4 rings (SSSR count). The summed E-state index contributed by atoms with van der Waals surface area (Å²) in [6.07, 6.45) is 3.20. The van der Waals surface area contributed by atoms with Gasteiger partial charge in [0.2, 0.25) is 0 Å². The minimum atomic E-state index is -0.539. The largest absolute Gasteiger partial charge is 0.501 e. The zero-order chi connectivity index (χ0) is 24.7. The Morgan fingerprint density at radius 2 is 2.12 bits per heavy atom. The number of likely N-dealkylation sites (tertiary alicyclic amines) is 1. The Morgan fingerprint density at radius 3 is 2.79 bits per heavy atom. The number of amides is 2. The zero-order valence-electron chi connectivity index (χ0n) is 20.6. The average molecular weight is 472 g/mol. The Kier molecular flexibility index (Phi) is 6.09. The highest BCUT2D eigenvalue weighted by atomic mass is 16.6. The summed E-state index contributed by atoms with van der Waals surface area (Å²) in [6.45, 7) is 13.2. The molecule has 10 heteroatoms.